The first-order valence-electron chi connectivity index (χ1n) is 6.28. The molecule has 0 aliphatic carbocycles. The summed E-state index contributed by atoms with van der Waals surface area (Å²) >= 11 is 1.65. The van der Waals surface area contributed by atoms with Crippen molar-refractivity contribution >= 4 is 28.6 Å². The van der Waals surface area contributed by atoms with Crippen LogP contribution in [0.2, 0.25) is 0 Å². The molecule has 2 rings (SSSR count). The highest BCUT2D eigenvalue weighted by molar-refractivity contribution is 7.11. The number of amides is 1. The van der Waals surface area contributed by atoms with Crippen molar-refractivity contribution in [2.24, 2.45) is 5.73 Å². The number of primary amides is 1. The van der Waals surface area contributed by atoms with E-state index in [4.69, 9.17) is 11.5 Å². The Morgan fingerprint density at radius 2 is 2.10 bits per heavy atom. The molecule has 106 valence electrons. The van der Waals surface area contributed by atoms with E-state index >= 15 is 0 Å². The van der Waals surface area contributed by atoms with Crippen LogP contribution in [0.15, 0.2) is 18.2 Å². The highest BCUT2D eigenvalue weighted by Crippen LogP contribution is 2.30. The zero-order valence-corrected chi connectivity index (χ0v) is 12.5. The van der Waals surface area contributed by atoms with Crippen molar-refractivity contribution in [3.8, 4) is 0 Å². The van der Waals surface area contributed by atoms with Crippen molar-refractivity contribution < 1.29 is 4.79 Å². The zero-order chi connectivity index (χ0) is 14.9. The van der Waals surface area contributed by atoms with Crippen LogP contribution in [0.3, 0.4) is 0 Å². The van der Waals surface area contributed by atoms with Gasteiger partial charge in [0.05, 0.1) is 28.1 Å². The quantitative estimate of drug-likeness (QED) is 0.754. The summed E-state index contributed by atoms with van der Waals surface area (Å²) in [5.41, 5.74) is 14.0. The van der Waals surface area contributed by atoms with E-state index in [-0.39, 0.29) is 6.04 Å². The van der Waals surface area contributed by atoms with Gasteiger partial charge in [-0.25, -0.2) is 4.98 Å². The van der Waals surface area contributed by atoms with Gasteiger partial charge in [0.25, 0.3) is 0 Å². The number of thiazole rings is 1. The van der Waals surface area contributed by atoms with Crippen molar-refractivity contribution in [3.63, 3.8) is 0 Å². The summed E-state index contributed by atoms with van der Waals surface area (Å²) in [5, 5.41) is 4.35. The van der Waals surface area contributed by atoms with Crippen molar-refractivity contribution in [1.82, 2.24) is 4.98 Å². The molecule has 1 amide bonds. The minimum absolute atomic E-state index is 0.0617. The number of benzene rings is 1. The molecular formula is C14H18N4OS. The second-order valence-electron chi connectivity index (χ2n) is 4.71. The van der Waals surface area contributed by atoms with Gasteiger partial charge >= 0.3 is 0 Å². The lowest BCUT2D eigenvalue weighted by molar-refractivity contribution is 0.100. The van der Waals surface area contributed by atoms with Crippen LogP contribution >= 0.6 is 11.3 Å². The molecule has 0 saturated heterocycles. The molecule has 1 aromatic carbocycles. The highest BCUT2D eigenvalue weighted by Gasteiger charge is 2.14. The van der Waals surface area contributed by atoms with Gasteiger partial charge in [-0.2, -0.15) is 0 Å². The topological polar surface area (TPSA) is 94.0 Å². The van der Waals surface area contributed by atoms with E-state index in [0.717, 1.165) is 15.6 Å². The van der Waals surface area contributed by atoms with Gasteiger partial charge in [0.1, 0.15) is 0 Å². The maximum Gasteiger partial charge on any atom is 0.248 e. The Kier molecular flexibility index (Phi) is 3.94. The van der Waals surface area contributed by atoms with E-state index in [1.54, 1.807) is 29.5 Å². The predicted octanol–water partition coefficient (Wildman–Crippen LogP) is 2.61. The van der Waals surface area contributed by atoms with Crippen LogP contribution in [0.25, 0.3) is 0 Å². The molecule has 0 spiro atoms. The number of nitrogen functional groups attached to an aromatic ring is 1. The molecule has 2 aromatic rings. The van der Waals surface area contributed by atoms with Crippen LogP contribution in [0.5, 0.6) is 0 Å². The van der Waals surface area contributed by atoms with E-state index in [1.807, 2.05) is 20.8 Å². The maximum atomic E-state index is 11.2. The lowest BCUT2D eigenvalue weighted by Gasteiger charge is -2.16. The van der Waals surface area contributed by atoms with Gasteiger partial charge in [-0.1, -0.05) is 0 Å². The number of carbonyl (C=O) groups excluding carboxylic acids is 1. The Morgan fingerprint density at radius 3 is 2.65 bits per heavy atom. The van der Waals surface area contributed by atoms with Crippen LogP contribution < -0.4 is 16.8 Å². The van der Waals surface area contributed by atoms with Gasteiger partial charge in [-0.15, -0.1) is 11.3 Å². The first-order chi connectivity index (χ1) is 9.38. The average Bonchev–Trinajstić information content (AvgIpc) is 2.71. The minimum Gasteiger partial charge on any atom is -0.397 e. The number of anilines is 2. The van der Waals surface area contributed by atoms with Gasteiger partial charge < -0.3 is 16.8 Å². The highest BCUT2D eigenvalue weighted by atomic mass is 32.1. The number of nitrogens with zero attached hydrogens (tertiary/aromatic N) is 1. The molecule has 0 aliphatic rings. The van der Waals surface area contributed by atoms with Gasteiger partial charge in [-0.05, 0) is 39.0 Å². The monoisotopic (exact) mass is 290 g/mol. The number of nitrogens with one attached hydrogen (secondary N) is 1. The third-order valence-corrected chi connectivity index (χ3v) is 4.30. The molecule has 0 bridgehead atoms. The smallest absolute Gasteiger partial charge is 0.248 e. The van der Waals surface area contributed by atoms with Crippen LogP contribution in [0, 0.1) is 13.8 Å². The summed E-state index contributed by atoms with van der Waals surface area (Å²) in [6, 6.07) is 5.04. The number of nitrogens with two attached hydrogens (primary N) is 2. The second-order valence-corrected chi connectivity index (χ2v) is 5.95. The number of rotatable bonds is 4. The van der Waals surface area contributed by atoms with Gasteiger partial charge in [0, 0.05) is 10.4 Å². The Morgan fingerprint density at radius 1 is 1.40 bits per heavy atom. The normalized spacial score (nSPS) is 12.2. The molecule has 1 atom stereocenters. The zero-order valence-electron chi connectivity index (χ0n) is 11.7. The third-order valence-electron chi connectivity index (χ3n) is 3.04. The van der Waals surface area contributed by atoms with E-state index in [9.17, 15) is 4.79 Å². The van der Waals surface area contributed by atoms with Gasteiger partial charge in [0.15, 0.2) is 0 Å². The Bertz CT molecular complexity index is 651. The lowest BCUT2D eigenvalue weighted by atomic mass is 10.1. The van der Waals surface area contributed by atoms with Gasteiger partial charge in [0.2, 0.25) is 5.91 Å². The van der Waals surface area contributed by atoms with Crippen molar-refractivity contribution in [2.45, 2.75) is 26.8 Å². The molecule has 0 radical (unpaired) electrons. The molecule has 1 aromatic heterocycles. The molecule has 1 heterocycles. The standard InChI is InChI=1S/C14H18N4OS/c1-7-13(20-9(3)17-7)8(2)18-12-6-10(14(16)19)4-5-11(12)15/h4-6,8,18H,15H2,1-3H3,(H2,16,19). The fourth-order valence-corrected chi connectivity index (χ4v) is 3.01. The largest absolute Gasteiger partial charge is 0.397 e. The van der Waals surface area contributed by atoms with E-state index in [2.05, 4.69) is 10.3 Å². The Hall–Kier alpha value is -2.08. The number of carbonyl (C=O) groups is 1. The maximum absolute atomic E-state index is 11.2. The average molecular weight is 290 g/mol. The number of aryl methyl sites for hydroxylation is 2. The van der Waals surface area contributed by atoms with E-state index in [1.165, 1.54) is 0 Å². The first kappa shape index (κ1) is 14.3. The van der Waals surface area contributed by atoms with Crippen molar-refractivity contribution in [1.29, 1.82) is 0 Å². The number of aromatic nitrogens is 1. The molecule has 6 heteroatoms. The van der Waals surface area contributed by atoms with Crippen molar-refractivity contribution in [3.05, 3.63) is 39.3 Å². The molecule has 0 saturated carbocycles. The fraction of sp³-hybridized carbons (Fsp3) is 0.286. The van der Waals surface area contributed by atoms with Crippen LogP contribution in [-0.2, 0) is 0 Å². The lowest BCUT2D eigenvalue weighted by Crippen LogP contribution is -2.13. The summed E-state index contributed by atoms with van der Waals surface area (Å²) in [5.74, 6) is -0.467. The van der Waals surface area contributed by atoms with E-state index in [0.29, 0.717) is 16.9 Å². The molecule has 20 heavy (non-hydrogen) atoms. The Labute approximate surface area is 122 Å². The third kappa shape index (κ3) is 2.91. The summed E-state index contributed by atoms with van der Waals surface area (Å²) in [6.07, 6.45) is 0. The number of hydrogen-bond donors (Lipinski definition) is 3. The van der Waals surface area contributed by atoms with Crippen molar-refractivity contribution in [2.75, 3.05) is 11.1 Å². The summed E-state index contributed by atoms with van der Waals surface area (Å²) in [4.78, 5) is 16.8. The molecular weight excluding hydrogens is 272 g/mol. The molecule has 0 fully saturated rings. The van der Waals surface area contributed by atoms with Crippen LogP contribution in [0.1, 0.15) is 38.9 Å². The van der Waals surface area contributed by atoms with Crippen LogP contribution in [0.4, 0.5) is 11.4 Å². The van der Waals surface area contributed by atoms with E-state index < -0.39 is 5.91 Å². The van der Waals surface area contributed by atoms with Crippen LogP contribution in [-0.4, -0.2) is 10.9 Å². The first-order valence-corrected chi connectivity index (χ1v) is 7.10. The SMILES string of the molecule is Cc1nc(C)c(C(C)Nc2cc(C(N)=O)ccc2N)s1. The number of hydrogen-bond acceptors (Lipinski definition) is 5. The summed E-state index contributed by atoms with van der Waals surface area (Å²) in [7, 11) is 0. The second kappa shape index (κ2) is 5.50. The fourth-order valence-electron chi connectivity index (χ4n) is 2.08. The minimum atomic E-state index is -0.467. The Balaban J connectivity index is 2.27. The molecule has 1 unspecified atom stereocenters. The summed E-state index contributed by atoms with van der Waals surface area (Å²) in [6.45, 7) is 6.01. The molecule has 5 N–H and O–H groups in total. The predicted molar refractivity (Wildman–Crippen MR) is 83.0 cm³/mol. The van der Waals surface area contributed by atoms with Gasteiger partial charge in [-0.3, -0.25) is 4.79 Å². The molecule has 5 nitrogen and oxygen atoms in total. The summed E-state index contributed by atoms with van der Waals surface area (Å²) < 4.78 is 0. The molecule has 0 aliphatic heterocycles.